The maximum Gasteiger partial charge on any atom is 0.340 e. The third-order valence-electron chi connectivity index (χ3n) is 2.68. The minimum absolute atomic E-state index is 0.0546. The fourth-order valence-electron chi connectivity index (χ4n) is 1.69. The van der Waals surface area contributed by atoms with Crippen molar-refractivity contribution in [2.75, 3.05) is 7.11 Å². The van der Waals surface area contributed by atoms with Gasteiger partial charge in [0.1, 0.15) is 5.82 Å². The fraction of sp³-hybridized carbons (Fsp3) is 0.214. The first-order valence-electron chi connectivity index (χ1n) is 5.79. The van der Waals surface area contributed by atoms with Gasteiger partial charge in [0.25, 0.3) is 0 Å². The Morgan fingerprint density at radius 1 is 1.32 bits per heavy atom. The first kappa shape index (κ1) is 13.3. The molecule has 0 aliphatic rings. The number of halogens is 1. The molecule has 1 heterocycles. The summed E-state index contributed by atoms with van der Waals surface area (Å²) in [6.45, 7) is 1.14. The molecule has 0 spiro atoms. The van der Waals surface area contributed by atoms with Crippen molar-refractivity contribution in [2.45, 2.75) is 13.1 Å². The molecule has 1 N–H and O–H groups in total. The first-order valence-corrected chi connectivity index (χ1v) is 5.79. The van der Waals surface area contributed by atoms with Crippen molar-refractivity contribution in [3.63, 3.8) is 0 Å². The summed E-state index contributed by atoms with van der Waals surface area (Å²) in [6, 6.07) is 6.30. The lowest BCUT2D eigenvalue weighted by Crippen LogP contribution is -2.13. The fourth-order valence-corrected chi connectivity index (χ4v) is 1.69. The predicted molar refractivity (Wildman–Crippen MR) is 67.0 cm³/mol. The monoisotopic (exact) mass is 263 g/mol. The van der Waals surface area contributed by atoms with E-state index in [2.05, 4.69) is 10.1 Å². The highest BCUT2D eigenvalue weighted by molar-refractivity contribution is 5.89. The van der Waals surface area contributed by atoms with E-state index in [0.717, 1.165) is 11.1 Å². The zero-order chi connectivity index (χ0) is 13.7. The van der Waals surface area contributed by atoms with Crippen LogP contribution in [0.5, 0.6) is 0 Å². The Hall–Kier alpha value is -2.14. The lowest BCUT2D eigenvalue weighted by molar-refractivity contribution is 0.0595. The van der Waals surface area contributed by atoms with E-state index in [-0.39, 0.29) is 5.56 Å². The molecule has 0 unspecified atom stereocenters. The Kier molecular flexibility index (Phi) is 4.30. The highest BCUT2D eigenvalue weighted by Gasteiger charge is 2.11. The molecule has 1 aromatic carbocycles. The normalized spacial score (nSPS) is 10.4. The van der Waals surface area contributed by atoms with E-state index in [1.165, 1.54) is 19.2 Å². The molecule has 2 aromatic rings. The van der Waals surface area contributed by atoms with Gasteiger partial charge in [0.15, 0.2) is 0 Å². The minimum atomic E-state index is -0.671. The molecule has 0 radical (unpaired) electrons. The molecule has 0 aliphatic carbocycles. The number of esters is 1. The number of benzene rings is 1. The molecule has 0 saturated heterocycles. The summed E-state index contributed by atoms with van der Waals surface area (Å²) in [7, 11) is 1.22. The second-order valence-corrected chi connectivity index (χ2v) is 4.04. The molecule has 0 fully saturated rings. The number of hydrogen-bond donors (Lipinski definition) is 1. The molecule has 5 heteroatoms. The van der Waals surface area contributed by atoms with Crippen LogP contribution in [-0.4, -0.2) is 13.1 Å². The number of ether oxygens (including phenoxy) is 1. The SMILES string of the molecule is COC(=O)c1ccc(CNCc2ccoc2)cc1F. The van der Waals surface area contributed by atoms with Gasteiger partial charge in [-0.3, -0.25) is 0 Å². The second kappa shape index (κ2) is 6.15. The molecular weight excluding hydrogens is 249 g/mol. The van der Waals surface area contributed by atoms with Gasteiger partial charge in [0, 0.05) is 18.7 Å². The standard InChI is InChI=1S/C14H14FNO3/c1-18-14(17)12-3-2-10(6-13(12)15)7-16-8-11-4-5-19-9-11/h2-6,9,16H,7-8H2,1H3. The van der Waals surface area contributed by atoms with Gasteiger partial charge in [-0.15, -0.1) is 0 Å². The molecule has 0 saturated carbocycles. The summed E-state index contributed by atoms with van der Waals surface area (Å²) in [5.41, 5.74) is 1.72. The Balaban J connectivity index is 1.94. The summed E-state index contributed by atoms with van der Waals surface area (Å²) >= 11 is 0. The van der Waals surface area contributed by atoms with E-state index < -0.39 is 11.8 Å². The Morgan fingerprint density at radius 2 is 2.11 bits per heavy atom. The van der Waals surface area contributed by atoms with Crippen LogP contribution in [0, 0.1) is 5.82 Å². The van der Waals surface area contributed by atoms with Crippen molar-refractivity contribution in [2.24, 2.45) is 0 Å². The highest BCUT2D eigenvalue weighted by Crippen LogP contribution is 2.12. The third-order valence-corrected chi connectivity index (χ3v) is 2.68. The summed E-state index contributed by atoms with van der Waals surface area (Å²) in [6.07, 6.45) is 3.25. The Labute approximate surface area is 110 Å². The number of hydrogen-bond acceptors (Lipinski definition) is 4. The molecule has 100 valence electrons. The minimum Gasteiger partial charge on any atom is -0.472 e. The molecule has 19 heavy (non-hydrogen) atoms. The van der Waals surface area contributed by atoms with E-state index >= 15 is 0 Å². The van der Waals surface area contributed by atoms with Crippen LogP contribution >= 0.6 is 0 Å². The van der Waals surface area contributed by atoms with Crippen LogP contribution in [-0.2, 0) is 17.8 Å². The largest absolute Gasteiger partial charge is 0.472 e. The highest BCUT2D eigenvalue weighted by atomic mass is 19.1. The van der Waals surface area contributed by atoms with Crippen LogP contribution in [0.2, 0.25) is 0 Å². The van der Waals surface area contributed by atoms with Gasteiger partial charge in [-0.1, -0.05) is 6.07 Å². The summed E-state index contributed by atoms with van der Waals surface area (Å²) in [4.78, 5) is 11.2. The number of carbonyl (C=O) groups is 1. The second-order valence-electron chi connectivity index (χ2n) is 4.04. The Morgan fingerprint density at radius 3 is 2.74 bits per heavy atom. The van der Waals surface area contributed by atoms with Crippen LogP contribution in [0.25, 0.3) is 0 Å². The van der Waals surface area contributed by atoms with Crippen LogP contribution in [0.1, 0.15) is 21.5 Å². The molecule has 4 nitrogen and oxygen atoms in total. The van der Waals surface area contributed by atoms with Crippen molar-refractivity contribution in [1.29, 1.82) is 0 Å². The molecule has 0 bridgehead atoms. The number of carbonyl (C=O) groups excluding carboxylic acids is 1. The van der Waals surface area contributed by atoms with E-state index in [4.69, 9.17) is 4.42 Å². The average molecular weight is 263 g/mol. The van der Waals surface area contributed by atoms with Crippen molar-refractivity contribution < 1.29 is 18.3 Å². The van der Waals surface area contributed by atoms with Gasteiger partial charge >= 0.3 is 5.97 Å². The van der Waals surface area contributed by atoms with Crippen LogP contribution in [0.15, 0.2) is 41.2 Å². The topological polar surface area (TPSA) is 51.5 Å². The van der Waals surface area contributed by atoms with Gasteiger partial charge < -0.3 is 14.5 Å². The lowest BCUT2D eigenvalue weighted by atomic mass is 10.1. The molecule has 0 atom stereocenters. The number of furan rings is 1. The van der Waals surface area contributed by atoms with Gasteiger partial charge in [-0.2, -0.15) is 0 Å². The lowest BCUT2D eigenvalue weighted by Gasteiger charge is -2.06. The van der Waals surface area contributed by atoms with Crippen molar-refractivity contribution in [3.8, 4) is 0 Å². The first-order chi connectivity index (χ1) is 9.20. The van der Waals surface area contributed by atoms with Crippen molar-refractivity contribution in [1.82, 2.24) is 5.32 Å². The van der Waals surface area contributed by atoms with Gasteiger partial charge in [-0.05, 0) is 23.8 Å². The van der Waals surface area contributed by atoms with Crippen LogP contribution in [0.4, 0.5) is 4.39 Å². The van der Waals surface area contributed by atoms with Crippen molar-refractivity contribution in [3.05, 3.63) is 59.3 Å². The average Bonchev–Trinajstić information content (AvgIpc) is 2.91. The van der Waals surface area contributed by atoms with Gasteiger partial charge in [-0.25, -0.2) is 9.18 Å². The van der Waals surface area contributed by atoms with E-state index in [9.17, 15) is 9.18 Å². The zero-order valence-electron chi connectivity index (χ0n) is 10.5. The zero-order valence-corrected chi connectivity index (χ0v) is 10.5. The van der Waals surface area contributed by atoms with Crippen LogP contribution in [0.3, 0.4) is 0 Å². The molecular formula is C14H14FNO3. The number of nitrogens with one attached hydrogen (secondary N) is 1. The molecule has 1 aromatic heterocycles. The third kappa shape index (κ3) is 3.42. The number of methoxy groups -OCH3 is 1. The maximum atomic E-state index is 13.6. The molecule has 0 aliphatic heterocycles. The van der Waals surface area contributed by atoms with E-state index in [1.807, 2.05) is 6.07 Å². The smallest absolute Gasteiger partial charge is 0.340 e. The van der Waals surface area contributed by atoms with E-state index in [0.29, 0.717) is 13.1 Å². The maximum absolute atomic E-state index is 13.6. The van der Waals surface area contributed by atoms with Gasteiger partial charge in [0.05, 0.1) is 25.2 Å². The van der Waals surface area contributed by atoms with Crippen LogP contribution < -0.4 is 5.32 Å². The molecule has 0 amide bonds. The predicted octanol–water partition coefficient (Wildman–Crippen LogP) is 2.50. The summed E-state index contributed by atoms with van der Waals surface area (Å²) < 4.78 is 23.1. The van der Waals surface area contributed by atoms with Gasteiger partial charge in [0.2, 0.25) is 0 Å². The summed E-state index contributed by atoms with van der Waals surface area (Å²) in [5.74, 6) is -1.25. The van der Waals surface area contributed by atoms with Crippen molar-refractivity contribution >= 4 is 5.97 Å². The number of rotatable bonds is 5. The molecule has 2 rings (SSSR count). The summed E-state index contributed by atoms with van der Waals surface area (Å²) in [5, 5.41) is 3.15. The Bertz CT molecular complexity index is 552. The van der Waals surface area contributed by atoms with E-state index in [1.54, 1.807) is 18.6 Å². The quantitative estimate of drug-likeness (QED) is 0.842.